The van der Waals surface area contributed by atoms with Crippen molar-refractivity contribution in [2.45, 2.75) is 20.3 Å². The van der Waals surface area contributed by atoms with E-state index in [1.807, 2.05) is 29.6 Å². The van der Waals surface area contributed by atoms with E-state index in [1.165, 1.54) is 11.3 Å². The summed E-state index contributed by atoms with van der Waals surface area (Å²) in [6.45, 7) is 4.22. The lowest BCUT2D eigenvalue weighted by Gasteiger charge is -2.03. The number of aromatic nitrogens is 1. The number of hydrogen-bond acceptors (Lipinski definition) is 4. The van der Waals surface area contributed by atoms with Gasteiger partial charge in [0.05, 0.1) is 5.69 Å². The van der Waals surface area contributed by atoms with E-state index >= 15 is 0 Å². The van der Waals surface area contributed by atoms with Gasteiger partial charge in [-0.15, -0.1) is 11.3 Å². The summed E-state index contributed by atoms with van der Waals surface area (Å²) in [6, 6.07) is 7.55. The minimum absolute atomic E-state index is 0.0770. The first-order valence-electron chi connectivity index (χ1n) is 6.58. The Bertz CT molecular complexity index is 645. The molecular formula is C15H17N3OS. The molecule has 1 unspecified atom stereocenters. The number of carbonyl (C=O) groups excluding carboxylic acids is 1. The lowest BCUT2D eigenvalue weighted by Crippen LogP contribution is -2.16. The molecule has 1 fully saturated rings. The van der Waals surface area contributed by atoms with E-state index < -0.39 is 0 Å². The molecule has 1 saturated carbocycles. The Morgan fingerprint density at radius 3 is 2.65 bits per heavy atom. The number of nitrogens with one attached hydrogen (secondary N) is 1. The van der Waals surface area contributed by atoms with E-state index in [-0.39, 0.29) is 17.2 Å². The summed E-state index contributed by atoms with van der Waals surface area (Å²) < 4.78 is 0. The molecule has 3 rings (SSSR count). The third-order valence-corrected chi connectivity index (χ3v) is 4.53. The maximum absolute atomic E-state index is 12.0. The van der Waals surface area contributed by atoms with Gasteiger partial charge in [0.1, 0.15) is 0 Å². The van der Waals surface area contributed by atoms with Gasteiger partial charge in [-0.05, 0) is 24.0 Å². The van der Waals surface area contributed by atoms with Crippen LogP contribution in [0.1, 0.15) is 20.3 Å². The molecule has 2 aromatic rings. The Morgan fingerprint density at radius 2 is 2.05 bits per heavy atom. The molecule has 1 aliphatic carbocycles. The molecule has 0 saturated heterocycles. The van der Waals surface area contributed by atoms with Crippen molar-refractivity contribution in [1.29, 1.82) is 0 Å². The minimum atomic E-state index is 0.0770. The largest absolute Gasteiger partial charge is 0.399 e. The van der Waals surface area contributed by atoms with Gasteiger partial charge in [-0.1, -0.05) is 26.0 Å². The Labute approximate surface area is 122 Å². The number of nitrogens with two attached hydrogens (primary N) is 1. The van der Waals surface area contributed by atoms with Crippen LogP contribution >= 0.6 is 11.3 Å². The Kier molecular flexibility index (Phi) is 3.01. The average molecular weight is 287 g/mol. The van der Waals surface area contributed by atoms with Crippen molar-refractivity contribution in [3.8, 4) is 11.3 Å². The van der Waals surface area contributed by atoms with Gasteiger partial charge in [0.15, 0.2) is 5.13 Å². The molecule has 0 radical (unpaired) electrons. The van der Waals surface area contributed by atoms with Crippen LogP contribution < -0.4 is 11.1 Å². The number of anilines is 2. The predicted octanol–water partition coefficient (Wildman–Crippen LogP) is 3.38. The highest BCUT2D eigenvalue weighted by molar-refractivity contribution is 7.14. The number of carbonyl (C=O) groups is 1. The topological polar surface area (TPSA) is 68.0 Å². The maximum atomic E-state index is 12.0. The second kappa shape index (κ2) is 4.59. The van der Waals surface area contributed by atoms with Crippen LogP contribution in [0.5, 0.6) is 0 Å². The van der Waals surface area contributed by atoms with Gasteiger partial charge in [-0.3, -0.25) is 4.79 Å². The smallest absolute Gasteiger partial charge is 0.229 e. The highest BCUT2D eigenvalue weighted by Gasteiger charge is 2.50. The molecule has 1 aromatic heterocycles. The number of benzene rings is 1. The lowest BCUT2D eigenvalue weighted by atomic mass is 10.1. The molecule has 1 aliphatic rings. The summed E-state index contributed by atoms with van der Waals surface area (Å²) in [5, 5.41) is 5.51. The van der Waals surface area contributed by atoms with Gasteiger partial charge in [0.25, 0.3) is 0 Å². The van der Waals surface area contributed by atoms with Crippen molar-refractivity contribution in [1.82, 2.24) is 4.98 Å². The fourth-order valence-electron chi connectivity index (χ4n) is 2.22. The molecule has 3 N–H and O–H groups in total. The van der Waals surface area contributed by atoms with Crippen molar-refractivity contribution < 1.29 is 4.79 Å². The molecule has 20 heavy (non-hydrogen) atoms. The molecule has 0 spiro atoms. The van der Waals surface area contributed by atoms with Gasteiger partial charge in [0, 0.05) is 22.5 Å². The van der Waals surface area contributed by atoms with Crippen LogP contribution in [-0.2, 0) is 4.79 Å². The first kappa shape index (κ1) is 13.1. The molecule has 0 aliphatic heterocycles. The molecule has 104 valence electrons. The molecule has 1 atom stereocenters. The van der Waals surface area contributed by atoms with Crippen molar-refractivity contribution in [2.24, 2.45) is 11.3 Å². The van der Waals surface area contributed by atoms with Crippen molar-refractivity contribution in [3.05, 3.63) is 29.6 Å². The summed E-state index contributed by atoms with van der Waals surface area (Å²) in [6.07, 6.45) is 0.953. The zero-order valence-corrected chi connectivity index (χ0v) is 12.3. The van der Waals surface area contributed by atoms with Gasteiger partial charge in [0.2, 0.25) is 5.91 Å². The summed E-state index contributed by atoms with van der Waals surface area (Å²) >= 11 is 1.45. The van der Waals surface area contributed by atoms with Crippen LogP contribution in [0.25, 0.3) is 11.3 Å². The SMILES string of the molecule is CC1(C)CC1C(=O)Nc1nc(-c2ccc(N)cc2)cs1. The molecule has 1 heterocycles. The molecule has 1 aromatic carbocycles. The van der Waals surface area contributed by atoms with Crippen LogP contribution in [0.15, 0.2) is 29.6 Å². The van der Waals surface area contributed by atoms with Gasteiger partial charge in [-0.2, -0.15) is 0 Å². The number of nitrogens with zero attached hydrogens (tertiary/aromatic N) is 1. The number of rotatable bonds is 3. The standard InChI is InChI=1S/C15H17N3OS/c1-15(2)7-11(15)13(19)18-14-17-12(8-20-14)9-3-5-10(16)6-4-9/h3-6,8,11H,7,16H2,1-2H3,(H,17,18,19). The van der Waals surface area contributed by atoms with E-state index in [0.717, 1.165) is 23.4 Å². The van der Waals surface area contributed by atoms with E-state index in [0.29, 0.717) is 5.13 Å². The maximum Gasteiger partial charge on any atom is 0.229 e. The van der Waals surface area contributed by atoms with Gasteiger partial charge in [-0.25, -0.2) is 4.98 Å². The van der Waals surface area contributed by atoms with E-state index in [9.17, 15) is 4.79 Å². The fraction of sp³-hybridized carbons (Fsp3) is 0.333. The van der Waals surface area contributed by atoms with Gasteiger partial charge >= 0.3 is 0 Å². The number of thiazole rings is 1. The van der Waals surface area contributed by atoms with Crippen molar-refractivity contribution >= 4 is 28.1 Å². The lowest BCUT2D eigenvalue weighted by molar-refractivity contribution is -0.117. The highest BCUT2D eigenvalue weighted by Crippen LogP contribution is 2.52. The highest BCUT2D eigenvalue weighted by atomic mass is 32.1. The second-order valence-electron chi connectivity index (χ2n) is 5.89. The molecule has 0 bridgehead atoms. The zero-order valence-electron chi connectivity index (χ0n) is 11.5. The first-order chi connectivity index (χ1) is 9.45. The summed E-state index contributed by atoms with van der Waals surface area (Å²) in [4.78, 5) is 16.5. The fourth-order valence-corrected chi connectivity index (χ4v) is 2.95. The van der Waals surface area contributed by atoms with Crippen LogP contribution in [0.3, 0.4) is 0 Å². The summed E-state index contributed by atoms with van der Waals surface area (Å²) in [5.74, 6) is 0.194. The normalized spacial score (nSPS) is 19.6. The summed E-state index contributed by atoms with van der Waals surface area (Å²) in [7, 11) is 0. The van der Waals surface area contributed by atoms with E-state index in [4.69, 9.17) is 5.73 Å². The summed E-state index contributed by atoms with van der Waals surface area (Å²) in [5.41, 5.74) is 8.40. The average Bonchev–Trinajstić information content (AvgIpc) is 2.83. The van der Waals surface area contributed by atoms with Crippen LogP contribution in [0.2, 0.25) is 0 Å². The third kappa shape index (κ3) is 2.54. The number of amides is 1. The quantitative estimate of drug-likeness (QED) is 0.850. The monoisotopic (exact) mass is 287 g/mol. The van der Waals surface area contributed by atoms with Crippen molar-refractivity contribution in [3.63, 3.8) is 0 Å². The predicted molar refractivity (Wildman–Crippen MR) is 82.5 cm³/mol. The molecule has 5 heteroatoms. The van der Waals surface area contributed by atoms with Crippen LogP contribution in [-0.4, -0.2) is 10.9 Å². The van der Waals surface area contributed by atoms with Crippen LogP contribution in [0.4, 0.5) is 10.8 Å². The minimum Gasteiger partial charge on any atom is -0.399 e. The second-order valence-corrected chi connectivity index (χ2v) is 6.75. The first-order valence-corrected chi connectivity index (χ1v) is 7.46. The molecule has 1 amide bonds. The van der Waals surface area contributed by atoms with Gasteiger partial charge < -0.3 is 11.1 Å². The molecule has 4 nitrogen and oxygen atoms in total. The molecular weight excluding hydrogens is 270 g/mol. The Morgan fingerprint density at radius 1 is 1.40 bits per heavy atom. The van der Waals surface area contributed by atoms with Crippen molar-refractivity contribution in [2.75, 3.05) is 11.1 Å². The third-order valence-electron chi connectivity index (χ3n) is 3.77. The zero-order chi connectivity index (χ0) is 14.3. The van der Waals surface area contributed by atoms with E-state index in [2.05, 4.69) is 24.1 Å². The van der Waals surface area contributed by atoms with E-state index in [1.54, 1.807) is 0 Å². The number of hydrogen-bond donors (Lipinski definition) is 2. The van der Waals surface area contributed by atoms with Crippen LogP contribution in [0, 0.1) is 11.3 Å². The Balaban J connectivity index is 1.71. The number of nitrogen functional groups attached to an aromatic ring is 1. The Hall–Kier alpha value is -1.88.